The van der Waals surface area contributed by atoms with Gasteiger partial charge in [0.05, 0.1) is 18.9 Å². The summed E-state index contributed by atoms with van der Waals surface area (Å²) in [5.41, 5.74) is 1.66. The monoisotopic (exact) mass is 355 g/mol. The lowest BCUT2D eigenvalue weighted by Crippen LogP contribution is -2.36. The Kier molecular flexibility index (Phi) is 4.33. The molecular weight excluding hydrogens is 338 g/mol. The molecule has 0 bridgehead atoms. The number of carbonyl (C=O) groups is 1. The number of pyridine rings is 1. The van der Waals surface area contributed by atoms with E-state index in [9.17, 15) is 9.90 Å². The summed E-state index contributed by atoms with van der Waals surface area (Å²) in [5.74, 6) is -0.919. The average Bonchev–Trinajstić information content (AvgIpc) is 3.06. The van der Waals surface area contributed by atoms with Crippen LogP contribution >= 0.6 is 11.3 Å². The number of benzene rings is 1. The molecule has 1 aliphatic rings. The summed E-state index contributed by atoms with van der Waals surface area (Å²) >= 11 is 1.25. The predicted molar refractivity (Wildman–Crippen MR) is 96.7 cm³/mol. The molecule has 6 nitrogen and oxygen atoms in total. The highest BCUT2D eigenvalue weighted by Crippen LogP contribution is 2.29. The fourth-order valence-electron chi connectivity index (χ4n) is 2.95. The van der Waals surface area contributed by atoms with Crippen LogP contribution in [0.5, 0.6) is 0 Å². The van der Waals surface area contributed by atoms with Gasteiger partial charge in [0, 0.05) is 37.3 Å². The Hall–Kier alpha value is -2.51. The van der Waals surface area contributed by atoms with Crippen LogP contribution in [0.4, 0.5) is 5.13 Å². The Morgan fingerprint density at radius 1 is 1.24 bits per heavy atom. The number of rotatable bonds is 4. The molecule has 0 spiro atoms. The average molecular weight is 355 g/mol. The van der Waals surface area contributed by atoms with E-state index < -0.39 is 5.97 Å². The highest BCUT2D eigenvalue weighted by Gasteiger charge is 2.22. The number of ether oxygens (including phenoxy) is 1. The first kappa shape index (κ1) is 16.0. The Balaban J connectivity index is 1.65. The van der Waals surface area contributed by atoms with Gasteiger partial charge in [-0.15, -0.1) is 0 Å². The van der Waals surface area contributed by atoms with Crippen LogP contribution in [0.2, 0.25) is 0 Å². The normalized spacial score (nSPS) is 14.8. The number of morpholine rings is 1. The summed E-state index contributed by atoms with van der Waals surface area (Å²) in [5, 5.41) is 12.5. The van der Waals surface area contributed by atoms with Crippen molar-refractivity contribution in [3.05, 3.63) is 52.8 Å². The fraction of sp³-hybridized carbons (Fsp3) is 0.278. The summed E-state index contributed by atoms with van der Waals surface area (Å²) in [6, 6.07) is 8.03. The van der Waals surface area contributed by atoms with Crippen LogP contribution in [-0.2, 0) is 11.2 Å². The topological polar surface area (TPSA) is 75.5 Å². The minimum atomic E-state index is -0.919. The molecule has 1 aliphatic heterocycles. The standard InChI is InChI=1S/C18H17N3O3S/c22-17(23)16-15(20-18(25-16)21-5-7-24-8-6-21)10-12-1-2-14-11-19-4-3-13(14)9-12/h1-4,9,11H,5-8,10H2,(H,22,23). The minimum Gasteiger partial charge on any atom is -0.477 e. The van der Waals surface area contributed by atoms with Crippen LogP contribution in [0, 0.1) is 0 Å². The molecule has 4 rings (SSSR count). The van der Waals surface area contributed by atoms with E-state index in [0.717, 1.165) is 34.6 Å². The lowest BCUT2D eigenvalue weighted by molar-refractivity contribution is 0.0701. The van der Waals surface area contributed by atoms with E-state index in [1.807, 2.05) is 24.4 Å². The van der Waals surface area contributed by atoms with E-state index in [0.29, 0.717) is 30.2 Å². The molecule has 0 aliphatic carbocycles. The highest BCUT2D eigenvalue weighted by molar-refractivity contribution is 7.17. The minimum absolute atomic E-state index is 0.316. The molecule has 0 atom stereocenters. The van der Waals surface area contributed by atoms with E-state index in [1.54, 1.807) is 6.20 Å². The van der Waals surface area contributed by atoms with Gasteiger partial charge < -0.3 is 14.7 Å². The van der Waals surface area contributed by atoms with Crippen molar-refractivity contribution >= 4 is 33.2 Å². The first-order valence-corrected chi connectivity index (χ1v) is 8.91. The van der Waals surface area contributed by atoms with Crippen LogP contribution in [0.1, 0.15) is 20.9 Å². The maximum absolute atomic E-state index is 11.6. The highest BCUT2D eigenvalue weighted by atomic mass is 32.1. The van der Waals surface area contributed by atoms with Gasteiger partial charge in [0.25, 0.3) is 0 Å². The van der Waals surface area contributed by atoms with Gasteiger partial charge in [-0.05, 0) is 17.0 Å². The quantitative estimate of drug-likeness (QED) is 0.776. The Morgan fingerprint density at radius 3 is 2.88 bits per heavy atom. The number of fused-ring (bicyclic) bond motifs is 1. The maximum atomic E-state index is 11.6. The van der Waals surface area contributed by atoms with E-state index in [4.69, 9.17) is 4.74 Å². The number of hydrogen-bond donors (Lipinski definition) is 1. The van der Waals surface area contributed by atoms with Crippen LogP contribution in [-0.4, -0.2) is 47.3 Å². The zero-order chi connectivity index (χ0) is 17.2. The molecule has 1 N–H and O–H groups in total. The number of carboxylic acid groups (broad SMARTS) is 1. The lowest BCUT2D eigenvalue weighted by atomic mass is 10.0. The molecule has 3 heterocycles. The van der Waals surface area contributed by atoms with Crippen molar-refractivity contribution in [3.63, 3.8) is 0 Å². The van der Waals surface area contributed by atoms with Crippen molar-refractivity contribution in [2.24, 2.45) is 0 Å². The predicted octanol–water partition coefficient (Wildman–Crippen LogP) is 2.82. The third kappa shape index (κ3) is 3.33. The molecular formula is C18H17N3O3S. The molecule has 3 aromatic rings. The van der Waals surface area contributed by atoms with Gasteiger partial charge in [0.1, 0.15) is 4.88 Å². The summed E-state index contributed by atoms with van der Waals surface area (Å²) in [6.45, 7) is 2.79. The second-order valence-corrected chi connectivity index (χ2v) is 6.89. The van der Waals surface area contributed by atoms with Crippen LogP contribution in [0.25, 0.3) is 10.8 Å². The SMILES string of the molecule is O=C(O)c1sc(N2CCOCC2)nc1Cc1ccc2cnccc2c1. The number of hydrogen-bond acceptors (Lipinski definition) is 6. The summed E-state index contributed by atoms with van der Waals surface area (Å²) in [4.78, 5) is 22.8. The number of thiazole rings is 1. The van der Waals surface area contributed by atoms with Gasteiger partial charge in [-0.2, -0.15) is 0 Å². The number of aromatic nitrogens is 2. The largest absolute Gasteiger partial charge is 0.477 e. The second-order valence-electron chi connectivity index (χ2n) is 5.91. The Morgan fingerprint density at radius 2 is 2.08 bits per heavy atom. The smallest absolute Gasteiger partial charge is 0.347 e. The molecule has 0 radical (unpaired) electrons. The van der Waals surface area contributed by atoms with Gasteiger partial charge in [0.15, 0.2) is 5.13 Å². The third-order valence-corrected chi connectivity index (χ3v) is 5.38. The lowest BCUT2D eigenvalue weighted by Gasteiger charge is -2.26. The first-order chi connectivity index (χ1) is 12.2. The van der Waals surface area contributed by atoms with Crippen LogP contribution in [0.15, 0.2) is 36.7 Å². The molecule has 1 fully saturated rings. The number of anilines is 1. The van der Waals surface area contributed by atoms with Crippen molar-refractivity contribution in [1.82, 2.24) is 9.97 Å². The van der Waals surface area contributed by atoms with E-state index >= 15 is 0 Å². The van der Waals surface area contributed by atoms with Crippen LogP contribution in [0.3, 0.4) is 0 Å². The Labute approximate surface area is 148 Å². The zero-order valence-electron chi connectivity index (χ0n) is 13.5. The van der Waals surface area contributed by atoms with E-state index in [1.165, 1.54) is 11.3 Å². The second kappa shape index (κ2) is 6.78. The van der Waals surface area contributed by atoms with Crippen molar-refractivity contribution in [2.75, 3.05) is 31.2 Å². The molecule has 0 unspecified atom stereocenters. The Bertz CT molecular complexity index is 919. The first-order valence-electron chi connectivity index (χ1n) is 8.09. The van der Waals surface area contributed by atoms with Crippen molar-refractivity contribution < 1.29 is 14.6 Å². The van der Waals surface area contributed by atoms with Crippen molar-refractivity contribution in [3.8, 4) is 0 Å². The van der Waals surface area contributed by atoms with Crippen LogP contribution < -0.4 is 4.90 Å². The van der Waals surface area contributed by atoms with E-state index in [-0.39, 0.29) is 0 Å². The fourth-order valence-corrected chi connectivity index (χ4v) is 3.93. The molecule has 1 aromatic carbocycles. The molecule has 1 saturated heterocycles. The zero-order valence-corrected chi connectivity index (χ0v) is 14.3. The van der Waals surface area contributed by atoms with Gasteiger partial charge in [-0.1, -0.05) is 29.5 Å². The maximum Gasteiger partial charge on any atom is 0.347 e. The van der Waals surface area contributed by atoms with Gasteiger partial charge in [-0.25, -0.2) is 9.78 Å². The molecule has 0 saturated carbocycles. The van der Waals surface area contributed by atoms with E-state index in [2.05, 4.69) is 20.9 Å². The van der Waals surface area contributed by atoms with Crippen molar-refractivity contribution in [2.45, 2.75) is 6.42 Å². The van der Waals surface area contributed by atoms with Crippen molar-refractivity contribution in [1.29, 1.82) is 0 Å². The summed E-state index contributed by atoms with van der Waals surface area (Å²) in [6.07, 6.45) is 4.08. The number of carboxylic acids is 1. The number of aromatic carboxylic acids is 1. The van der Waals surface area contributed by atoms with Gasteiger partial charge >= 0.3 is 5.97 Å². The summed E-state index contributed by atoms with van der Waals surface area (Å²) in [7, 11) is 0. The molecule has 128 valence electrons. The van der Waals surface area contributed by atoms with Gasteiger partial charge in [0.2, 0.25) is 0 Å². The van der Waals surface area contributed by atoms with Gasteiger partial charge in [-0.3, -0.25) is 4.98 Å². The third-order valence-electron chi connectivity index (χ3n) is 4.24. The number of nitrogens with zero attached hydrogens (tertiary/aromatic N) is 3. The molecule has 2 aromatic heterocycles. The molecule has 25 heavy (non-hydrogen) atoms. The summed E-state index contributed by atoms with van der Waals surface area (Å²) < 4.78 is 5.36. The molecule has 7 heteroatoms. The molecule has 0 amide bonds.